The molecule has 178 valence electrons. The van der Waals surface area contributed by atoms with E-state index in [0.29, 0.717) is 59.5 Å². The van der Waals surface area contributed by atoms with E-state index in [4.69, 9.17) is 9.26 Å². The minimum atomic E-state index is -4.03. The van der Waals surface area contributed by atoms with Crippen molar-refractivity contribution >= 4 is 26.6 Å². The molecule has 0 radical (unpaired) electrons. The number of benzene rings is 1. The molecular formula is C22H28N4O6S. The number of nitrogens with zero attached hydrogens (tertiary/aromatic N) is 1. The van der Waals surface area contributed by atoms with Gasteiger partial charge in [0, 0.05) is 30.6 Å². The number of pyridine rings is 1. The molecule has 11 heteroatoms. The lowest BCUT2D eigenvalue weighted by Gasteiger charge is -2.18. The molecule has 0 amide bonds. The molecule has 1 saturated carbocycles. The van der Waals surface area contributed by atoms with Gasteiger partial charge in [-0.05, 0) is 56.9 Å². The fourth-order valence-corrected chi connectivity index (χ4v) is 5.84. The maximum absolute atomic E-state index is 13.5. The molecule has 33 heavy (non-hydrogen) atoms. The van der Waals surface area contributed by atoms with Gasteiger partial charge in [0.1, 0.15) is 11.4 Å². The second kappa shape index (κ2) is 9.26. The average molecular weight is 477 g/mol. The van der Waals surface area contributed by atoms with Gasteiger partial charge in [0.05, 0.1) is 28.8 Å². The highest BCUT2D eigenvalue weighted by Gasteiger charge is 2.31. The minimum Gasteiger partial charge on any atom is -0.391 e. The van der Waals surface area contributed by atoms with Crippen LogP contribution in [0.2, 0.25) is 0 Å². The van der Waals surface area contributed by atoms with E-state index in [1.165, 1.54) is 6.07 Å². The molecule has 0 bridgehead atoms. The smallest absolute Gasteiger partial charge is 0.271 e. The Hall–Kier alpha value is -2.73. The number of sulfonamides is 1. The van der Waals surface area contributed by atoms with Crippen molar-refractivity contribution in [3.05, 3.63) is 40.0 Å². The summed E-state index contributed by atoms with van der Waals surface area (Å²) in [6.07, 6.45) is 1.12. The van der Waals surface area contributed by atoms with Crippen molar-refractivity contribution in [1.82, 2.24) is 14.9 Å². The number of aromatic amines is 1. The van der Waals surface area contributed by atoms with Gasteiger partial charge >= 0.3 is 0 Å². The molecule has 1 aromatic carbocycles. The molecule has 1 fully saturated rings. The first-order valence-corrected chi connectivity index (χ1v) is 12.3. The molecule has 0 spiro atoms. The van der Waals surface area contributed by atoms with Crippen LogP contribution in [0.5, 0.6) is 0 Å². The second-order valence-corrected chi connectivity index (χ2v) is 9.97. The predicted octanol–water partition coefficient (Wildman–Crippen LogP) is 2.05. The first-order chi connectivity index (χ1) is 15.7. The fraction of sp³-hybridized carbons (Fsp3) is 0.455. The second-order valence-electron chi connectivity index (χ2n) is 8.29. The van der Waals surface area contributed by atoms with Crippen molar-refractivity contribution in [2.75, 3.05) is 25.6 Å². The van der Waals surface area contributed by atoms with E-state index in [9.17, 15) is 18.3 Å². The lowest BCUT2D eigenvalue weighted by Crippen LogP contribution is -2.39. The molecule has 3 aromatic rings. The van der Waals surface area contributed by atoms with Crippen molar-refractivity contribution in [3.8, 4) is 11.1 Å². The molecule has 10 nitrogen and oxygen atoms in total. The van der Waals surface area contributed by atoms with Crippen LogP contribution in [0, 0.1) is 13.8 Å². The fourth-order valence-electron chi connectivity index (χ4n) is 4.30. The van der Waals surface area contributed by atoms with Crippen LogP contribution in [0.25, 0.3) is 22.0 Å². The van der Waals surface area contributed by atoms with Crippen molar-refractivity contribution in [1.29, 1.82) is 0 Å². The van der Waals surface area contributed by atoms with Gasteiger partial charge < -0.3 is 24.7 Å². The summed E-state index contributed by atoms with van der Waals surface area (Å²) in [7, 11) is -2.48. The Morgan fingerprint density at radius 1 is 1.27 bits per heavy atom. The number of H-pyrrole nitrogens is 1. The van der Waals surface area contributed by atoms with Gasteiger partial charge in [0.15, 0.2) is 0 Å². The average Bonchev–Trinajstić information content (AvgIpc) is 3.31. The van der Waals surface area contributed by atoms with Crippen LogP contribution in [0.3, 0.4) is 0 Å². The largest absolute Gasteiger partial charge is 0.391 e. The molecule has 0 aliphatic heterocycles. The van der Waals surface area contributed by atoms with Crippen LogP contribution in [0.15, 0.2) is 32.4 Å². The number of aliphatic hydroxyl groups is 1. The van der Waals surface area contributed by atoms with Gasteiger partial charge in [-0.25, -0.2) is 13.1 Å². The molecule has 4 N–H and O–H groups in total. The monoisotopic (exact) mass is 476 g/mol. The Balaban J connectivity index is 1.90. The van der Waals surface area contributed by atoms with Gasteiger partial charge in [-0.3, -0.25) is 4.79 Å². The highest BCUT2D eigenvalue weighted by Crippen LogP contribution is 2.34. The molecule has 2 unspecified atom stereocenters. The summed E-state index contributed by atoms with van der Waals surface area (Å²) in [6.45, 7) is 4.28. The molecule has 0 saturated heterocycles. The third-order valence-corrected chi connectivity index (χ3v) is 7.47. The van der Waals surface area contributed by atoms with E-state index in [-0.39, 0.29) is 16.1 Å². The van der Waals surface area contributed by atoms with E-state index >= 15 is 0 Å². The Morgan fingerprint density at radius 3 is 2.70 bits per heavy atom. The van der Waals surface area contributed by atoms with Gasteiger partial charge in [-0.15, -0.1) is 0 Å². The van der Waals surface area contributed by atoms with E-state index in [1.54, 1.807) is 33.1 Å². The lowest BCUT2D eigenvalue weighted by atomic mass is 10.0. The number of rotatable bonds is 8. The Kier molecular flexibility index (Phi) is 6.57. The Bertz CT molecular complexity index is 1310. The third kappa shape index (κ3) is 4.67. The summed E-state index contributed by atoms with van der Waals surface area (Å²) in [4.78, 5) is 15.4. The summed E-state index contributed by atoms with van der Waals surface area (Å²) >= 11 is 0. The Morgan fingerprint density at radius 2 is 2.06 bits per heavy atom. The molecule has 1 aliphatic rings. The van der Waals surface area contributed by atoms with Crippen LogP contribution in [-0.4, -0.2) is 56.1 Å². The maximum Gasteiger partial charge on any atom is 0.271 e. The third-order valence-electron chi connectivity index (χ3n) is 5.94. The number of aromatic nitrogens is 2. The molecule has 2 atom stereocenters. The summed E-state index contributed by atoms with van der Waals surface area (Å²) < 4.78 is 39.9. The number of ether oxygens (including phenoxy) is 1. The van der Waals surface area contributed by atoms with E-state index in [0.717, 1.165) is 6.42 Å². The van der Waals surface area contributed by atoms with E-state index in [2.05, 4.69) is 20.2 Å². The van der Waals surface area contributed by atoms with Crippen LogP contribution >= 0.6 is 0 Å². The topological polar surface area (TPSA) is 147 Å². The van der Waals surface area contributed by atoms with Crippen molar-refractivity contribution in [2.45, 2.75) is 50.2 Å². The van der Waals surface area contributed by atoms with E-state index < -0.39 is 22.2 Å². The van der Waals surface area contributed by atoms with Gasteiger partial charge in [0.25, 0.3) is 5.56 Å². The van der Waals surface area contributed by atoms with Crippen molar-refractivity contribution in [3.63, 3.8) is 0 Å². The number of anilines is 1. The molecule has 4 rings (SSSR count). The summed E-state index contributed by atoms with van der Waals surface area (Å²) in [5, 5.41) is 17.5. The van der Waals surface area contributed by atoms with Crippen molar-refractivity contribution in [2.24, 2.45) is 0 Å². The minimum absolute atomic E-state index is 0.000131. The molecular weight excluding hydrogens is 448 g/mol. The number of aryl methyl sites for hydroxylation is 2. The van der Waals surface area contributed by atoms with E-state index in [1.807, 2.05) is 0 Å². The SMILES string of the molecule is COCCNc1cc2c(S(=O)(=O)NC3CCCC3O)cc(-c3c(C)noc3C)cc2[nH]c1=O. The van der Waals surface area contributed by atoms with Gasteiger partial charge in [-0.2, -0.15) is 0 Å². The predicted molar refractivity (Wildman–Crippen MR) is 124 cm³/mol. The molecule has 2 heterocycles. The highest BCUT2D eigenvalue weighted by atomic mass is 32.2. The van der Waals surface area contributed by atoms with Crippen molar-refractivity contribution < 1.29 is 22.8 Å². The quantitative estimate of drug-likeness (QED) is 0.361. The number of aliphatic hydroxyl groups excluding tert-OH is 1. The van der Waals surface area contributed by atoms with Crippen LogP contribution in [0.4, 0.5) is 5.69 Å². The Labute approximate surface area is 191 Å². The van der Waals surface area contributed by atoms with Crippen LogP contribution in [0.1, 0.15) is 30.7 Å². The first-order valence-electron chi connectivity index (χ1n) is 10.8. The zero-order valence-electron chi connectivity index (χ0n) is 18.8. The van der Waals surface area contributed by atoms with Gasteiger partial charge in [0.2, 0.25) is 10.0 Å². The standard InChI is InChI=1S/C22H28N4O6S/c1-12-21(13(2)32-25-12)14-9-17-15(11-18(22(28)24-17)23-7-8-31-3)20(10-14)33(29,30)26-16-5-4-6-19(16)27/h9-11,16,19,23,26-27H,4-8H2,1-3H3,(H,24,28). The summed E-state index contributed by atoms with van der Waals surface area (Å²) in [6, 6.07) is 4.23. The normalized spacial score (nSPS) is 18.8. The number of methoxy groups -OCH3 is 1. The maximum atomic E-state index is 13.5. The number of hydrogen-bond acceptors (Lipinski definition) is 8. The summed E-state index contributed by atoms with van der Waals surface area (Å²) in [5.74, 6) is 0.537. The highest BCUT2D eigenvalue weighted by molar-refractivity contribution is 7.89. The zero-order valence-corrected chi connectivity index (χ0v) is 19.6. The number of hydrogen-bond donors (Lipinski definition) is 4. The lowest BCUT2D eigenvalue weighted by molar-refractivity contribution is 0.159. The first kappa shape index (κ1) is 23.4. The molecule has 2 aromatic heterocycles. The van der Waals surface area contributed by atoms with Crippen LogP contribution < -0.4 is 15.6 Å². The van der Waals surface area contributed by atoms with Gasteiger partial charge in [-0.1, -0.05) is 5.16 Å². The molecule has 1 aliphatic carbocycles. The van der Waals surface area contributed by atoms with Crippen LogP contribution in [-0.2, 0) is 14.8 Å². The number of nitrogens with one attached hydrogen (secondary N) is 3. The summed E-state index contributed by atoms with van der Waals surface area (Å²) in [5.41, 5.74) is 2.05. The zero-order chi connectivity index (χ0) is 23.8. The number of fused-ring (bicyclic) bond motifs is 1.